The molecule has 2 aromatic rings. The van der Waals surface area contributed by atoms with Gasteiger partial charge in [0.05, 0.1) is 23.0 Å². The van der Waals surface area contributed by atoms with Gasteiger partial charge in [0, 0.05) is 0 Å². The summed E-state index contributed by atoms with van der Waals surface area (Å²) in [5.74, 6) is -0.328. The summed E-state index contributed by atoms with van der Waals surface area (Å²) in [5.41, 5.74) is 2.74. The first kappa shape index (κ1) is 21.1. The minimum atomic E-state index is -0.483. The second-order valence-corrected chi connectivity index (χ2v) is 8.16. The van der Waals surface area contributed by atoms with Crippen molar-refractivity contribution in [2.24, 2.45) is 0 Å². The molecule has 0 saturated carbocycles. The fourth-order valence-electron chi connectivity index (χ4n) is 2.58. The van der Waals surface area contributed by atoms with Crippen LogP contribution in [-0.2, 0) is 20.9 Å². The molecule has 2 amide bonds. The highest BCUT2D eigenvalue weighted by Gasteiger charge is 2.34. The molecular formula is C21H18BrNO5S. The van der Waals surface area contributed by atoms with E-state index in [4.69, 9.17) is 4.74 Å². The summed E-state index contributed by atoms with van der Waals surface area (Å²) in [7, 11) is 1.29. The minimum Gasteiger partial charge on any atom is -0.481 e. The first-order chi connectivity index (χ1) is 13.9. The quantitative estimate of drug-likeness (QED) is 0.450. The van der Waals surface area contributed by atoms with Crippen molar-refractivity contribution in [2.45, 2.75) is 13.5 Å². The number of methoxy groups -OCH3 is 1. The van der Waals surface area contributed by atoms with Crippen LogP contribution in [0.1, 0.15) is 16.7 Å². The van der Waals surface area contributed by atoms with Crippen LogP contribution >= 0.6 is 27.7 Å². The third-order valence-electron chi connectivity index (χ3n) is 4.16. The standard InChI is InChI=1S/C21H18BrNO5S/c1-13-3-5-14(6-4-13)11-23-20(25)18(29-21(23)26)10-15-7-8-17(16(22)9-15)28-12-19(24)27-2/h3-10H,11-12H2,1-2H3/b18-10+. The van der Waals surface area contributed by atoms with E-state index >= 15 is 0 Å². The van der Waals surface area contributed by atoms with E-state index in [1.54, 1.807) is 24.3 Å². The molecule has 1 heterocycles. The highest BCUT2D eigenvalue weighted by atomic mass is 79.9. The molecule has 0 spiro atoms. The van der Waals surface area contributed by atoms with Gasteiger partial charge >= 0.3 is 5.97 Å². The fourth-order valence-corrected chi connectivity index (χ4v) is 3.93. The third-order valence-corrected chi connectivity index (χ3v) is 5.69. The van der Waals surface area contributed by atoms with Gasteiger partial charge in [-0.2, -0.15) is 0 Å². The Kier molecular flexibility index (Phi) is 6.76. The van der Waals surface area contributed by atoms with E-state index in [-0.39, 0.29) is 24.3 Å². The molecule has 0 aromatic heterocycles. The third kappa shape index (κ3) is 5.27. The van der Waals surface area contributed by atoms with Gasteiger partial charge < -0.3 is 9.47 Å². The molecule has 1 saturated heterocycles. The highest BCUT2D eigenvalue weighted by Crippen LogP contribution is 2.34. The number of carbonyl (C=O) groups is 3. The summed E-state index contributed by atoms with van der Waals surface area (Å²) >= 11 is 4.30. The van der Waals surface area contributed by atoms with Gasteiger partial charge in [0.25, 0.3) is 11.1 Å². The van der Waals surface area contributed by atoms with E-state index in [1.165, 1.54) is 12.0 Å². The van der Waals surface area contributed by atoms with Gasteiger partial charge in [-0.1, -0.05) is 35.9 Å². The van der Waals surface area contributed by atoms with E-state index in [9.17, 15) is 14.4 Å². The van der Waals surface area contributed by atoms with Crippen molar-refractivity contribution >= 4 is 50.9 Å². The first-order valence-corrected chi connectivity index (χ1v) is 10.3. The van der Waals surface area contributed by atoms with Crippen molar-refractivity contribution in [3.05, 3.63) is 68.5 Å². The summed E-state index contributed by atoms with van der Waals surface area (Å²) in [6.07, 6.45) is 1.66. The predicted octanol–water partition coefficient (Wildman–Crippen LogP) is 4.55. The molecule has 0 aliphatic carbocycles. The normalized spacial score (nSPS) is 15.1. The van der Waals surface area contributed by atoms with Gasteiger partial charge in [-0.25, -0.2) is 4.79 Å². The largest absolute Gasteiger partial charge is 0.481 e. The molecule has 1 aliphatic rings. The Morgan fingerprint density at radius 2 is 1.90 bits per heavy atom. The van der Waals surface area contributed by atoms with Crippen molar-refractivity contribution in [1.82, 2.24) is 4.90 Å². The number of carbonyl (C=O) groups excluding carboxylic acids is 3. The molecule has 1 fully saturated rings. The van der Waals surface area contributed by atoms with Crippen LogP contribution in [0.15, 0.2) is 51.8 Å². The maximum atomic E-state index is 12.7. The Hall–Kier alpha value is -2.58. The Bertz CT molecular complexity index is 987. The molecule has 0 atom stereocenters. The fraction of sp³-hybridized carbons (Fsp3) is 0.190. The minimum absolute atomic E-state index is 0.202. The van der Waals surface area contributed by atoms with Gasteiger partial charge in [-0.3, -0.25) is 14.5 Å². The number of ether oxygens (including phenoxy) is 2. The van der Waals surface area contributed by atoms with Gasteiger partial charge in [0.1, 0.15) is 5.75 Å². The number of thioether (sulfide) groups is 1. The number of benzene rings is 2. The van der Waals surface area contributed by atoms with Gasteiger partial charge in [0.2, 0.25) is 0 Å². The van der Waals surface area contributed by atoms with E-state index < -0.39 is 5.97 Å². The van der Waals surface area contributed by atoms with Crippen LogP contribution in [0.25, 0.3) is 6.08 Å². The van der Waals surface area contributed by atoms with Gasteiger partial charge in [0.15, 0.2) is 6.61 Å². The predicted molar refractivity (Wildman–Crippen MR) is 114 cm³/mol. The van der Waals surface area contributed by atoms with Crippen LogP contribution < -0.4 is 4.74 Å². The number of imide groups is 1. The SMILES string of the molecule is COC(=O)COc1ccc(/C=C2/SC(=O)N(Cc3ccc(C)cc3)C2=O)cc1Br. The average Bonchev–Trinajstić information content (AvgIpc) is 2.96. The Morgan fingerprint density at radius 3 is 2.55 bits per heavy atom. The van der Waals surface area contributed by atoms with Crippen molar-refractivity contribution in [2.75, 3.05) is 13.7 Å². The zero-order chi connectivity index (χ0) is 21.0. The molecule has 8 heteroatoms. The average molecular weight is 476 g/mol. The number of esters is 1. The number of halogens is 1. The number of hydrogen-bond donors (Lipinski definition) is 0. The van der Waals surface area contributed by atoms with E-state index in [1.807, 2.05) is 31.2 Å². The highest BCUT2D eigenvalue weighted by molar-refractivity contribution is 9.10. The summed E-state index contributed by atoms with van der Waals surface area (Å²) in [4.78, 5) is 37.8. The Morgan fingerprint density at radius 1 is 1.17 bits per heavy atom. The number of rotatable bonds is 6. The summed E-state index contributed by atoms with van der Waals surface area (Å²) in [5, 5.41) is -0.293. The monoisotopic (exact) mass is 475 g/mol. The van der Waals surface area contributed by atoms with Crippen LogP contribution in [0.3, 0.4) is 0 Å². The first-order valence-electron chi connectivity index (χ1n) is 8.67. The number of hydrogen-bond acceptors (Lipinski definition) is 6. The topological polar surface area (TPSA) is 72.9 Å². The number of amides is 2. The second kappa shape index (κ2) is 9.28. The molecule has 3 rings (SSSR count). The summed E-state index contributed by atoms with van der Waals surface area (Å²) in [6.45, 7) is 2.02. The van der Waals surface area contributed by atoms with Crippen LogP contribution in [-0.4, -0.2) is 35.7 Å². The number of nitrogens with zero attached hydrogens (tertiary/aromatic N) is 1. The lowest BCUT2D eigenvalue weighted by Gasteiger charge is -2.12. The number of aryl methyl sites for hydroxylation is 1. The Labute approximate surface area is 181 Å². The van der Waals surface area contributed by atoms with Crippen LogP contribution in [0, 0.1) is 6.92 Å². The molecule has 2 aromatic carbocycles. The van der Waals surface area contributed by atoms with E-state index in [2.05, 4.69) is 20.7 Å². The Balaban J connectivity index is 1.72. The zero-order valence-electron chi connectivity index (χ0n) is 15.8. The zero-order valence-corrected chi connectivity index (χ0v) is 18.2. The van der Waals surface area contributed by atoms with Crippen molar-refractivity contribution in [3.63, 3.8) is 0 Å². The van der Waals surface area contributed by atoms with Gasteiger partial charge in [-0.15, -0.1) is 0 Å². The molecule has 29 heavy (non-hydrogen) atoms. The van der Waals surface area contributed by atoms with Crippen molar-refractivity contribution < 1.29 is 23.9 Å². The second-order valence-electron chi connectivity index (χ2n) is 6.31. The lowest BCUT2D eigenvalue weighted by atomic mass is 10.1. The smallest absolute Gasteiger partial charge is 0.343 e. The molecule has 0 N–H and O–H groups in total. The summed E-state index contributed by atoms with van der Waals surface area (Å²) < 4.78 is 10.5. The summed E-state index contributed by atoms with van der Waals surface area (Å²) in [6, 6.07) is 12.9. The molecule has 1 aliphatic heterocycles. The van der Waals surface area contributed by atoms with Crippen molar-refractivity contribution in [1.29, 1.82) is 0 Å². The van der Waals surface area contributed by atoms with Crippen LogP contribution in [0.4, 0.5) is 4.79 Å². The van der Waals surface area contributed by atoms with Gasteiger partial charge in [-0.05, 0) is 64.0 Å². The molecule has 6 nitrogen and oxygen atoms in total. The van der Waals surface area contributed by atoms with Crippen LogP contribution in [0.2, 0.25) is 0 Å². The van der Waals surface area contributed by atoms with E-state index in [0.717, 1.165) is 28.5 Å². The lowest BCUT2D eigenvalue weighted by molar-refractivity contribution is -0.142. The molecular weight excluding hydrogens is 458 g/mol. The molecule has 0 bridgehead atoms. The maximum absolute atomic E-state index is 12.7. The van der Waals surface area contributed by atoms with Crippen LogP contribution in [0.5, 0.6) is 5.75 Å². The lowest BCUT2D eigenvalue weighted by Crippen LogP contribution is -2.27. The molecule has 0 unspecified atom stereocenters. The van der Waals surface area contributed by atoms with Crippen molar-refractivity contribution in [3.8, 4) is 5.75 Å². The molecule has 0 radical (unpaired) electrons. The maximum Gasteiger partial charge on any atom is 0.343 e. The van der Waals surface area contributed by atoms with E-state index in [0.29, 0.717) is 15.1 Å². The molecule has 150 valence electrons.